The lowest BCUT2D eigenvalue weighted by Gasteiger charge is -2.19. The second kappa shape index (κ2) is 5.00. The molecule has 0 spiro atoms. The van der Waals surface area contributed by atoms with Gasteiger partial charge >= 0.3 is 12.0 Å². The third-order valence-electron chi connectivity index (χ3n) is 2.74. The van der Waals surface area contributed by atoms with E-state index in [9.17, 15) is 9.59 Å². The van der Waals surface area contributed by atoms with E-state index in [-0.39, 0.29) is 18.6 Å². The van der Waals surface area contributed by atoms with E-state index in [2.05, 4.69) is 12.2 Å². The van der Waals surface area contributed by atoms with E-state index in [1.165, 1.54) is 11.9 Å². The number of rotatable bonds is 3. The normalized spacial score (nSPS) is 24.9. The van der Waals surface area contributed by atoms with E-state index in [0.29, 0.717) is 5.92 Å². The van der Waals surface area contributed by atoms with Gasteiger partial charge in [0.05, 0.1) is 0 Å². The largest absolute Gasteiger partial charge is 0.480 e. The number of carbonyl (C=O) groups is 2. The minimum absolute atomic E-state index is 0.212. The van der Waals surface area contributed by atoms with Crippen molar-refractivity contribution >= 4 is 12.0 Å². The molecule has 2 N–H and O–H groups in total. The molecule has 0 saturated heterocycles. The van der Waals surface area contributed by atoms with E-state index >= 15 is 0 Å². The molecule has 0 bridgehead atoms. The molecule has 2 atom stereocenters. The molecule has 1 aliphatic rings. The highest BCUT2D eigenvalue weighted by molar-refractivity contribution is 5.79. The zero-order valence-electron chi connectivity index (χ0n) is 9.19. The number of nitrogens with zero attached hydrogens (tertiary/aromatic N) is 1. The molecular weight excluding hydrogens is 196 g/mol. The van der Waals surface area contributed by atoms with Crippen LogP contribution in [0.5, 0.6) is 0 Å². The van der Waals surface area contributed by atoms with Gasteiger partial charge in [-0.15, -0.1) is 0 Å². The van der Waals surface area contributed by atoms with Crippen molar-refractivity contribution in [2.45, 2.75) is 32.2 Å². The molecule has 2 unspecified atom stereocenters. The molecule has 1 fully saturated rings. The van der Waals surface area contributed by atoms with Gasteiger partial charge in [0.1, 0.15) is 6.54 Å². The van der Waals surface area contributed by atoms with Crippen LogP contribution in [0.1, 0.15) is 26.2 Å². The zero-order valence-corrected chi connectivity index (χ0v) is 9.19. The number of likely N-dealkylation sites (N-methyl/N-ethyl adjacent to an activating group) is 1. The first kappa shape index (κ1) is 11.8. The molecule has 5 heteroatoms. The summed E-state index contributed by atoms with van der Waals surface area (Å²) >= 11 is 0. The number of carbonyl (C=O) groups excluding carboxylic acids is 1. The summed E-state index contributed by atoms with van der Waals surface area (Å²) in [6, 6.07) is -0.0831. The van der Waals surface area contributed by atoms with Gasteiger partial charge in [-0.3, -0.25) is 4.79 Å². The Hall–Kier alpha value is -1.26. The number of carboxylic acid groups (broad SMARTS) is 1. The molecule has 86 valence electrons. The maximum Gasteiger partial charge on any atom is 0.323 e. The van der Waals surface area contributed by atoms with E-state index in [0.717, 1.165) is 19.3 Å². The fourth-order valence-corrected chi connectivity index (χ4v) is 1.90. The average molecular weight is 214 g/mol. The molecule has 1 aliphatic carbocycles. The summed E-state index contributed by atoms with van der Waals surface area (Å²) in [4.78, 5) is 23.1. The highest BCUT2D eigenvalue weighted by Crippen LogP contribution is 2.24. The summed E-state index contributed by atoms with van der Waals surface area (Å²) in [7, 11) is 1.49. The third kappa shape index (κ3) is 3.77. The molecule has 5 nitrogen and oxygen atoms in total. The van der Waals surface area contributed by atoms with Crippen LogP contribution in [0.15, 0.2) is 0 Å². The Labute approximate surface area is 89.4 Å². The summed E-state index contributed by atoms with van der Waals surface area (Å²) in [5, 5.41) is 11.4. The number of nitrogens with one attached hydrogen (secondary N) is 1. The molecule has 2 amide bonds. The first-order valence-electron chi connectivity index (χ1n) is 5.22. The number of hydrogen-bond acceptors (Lipinski definition) is 2. The lowest BCUT2D eigenvalue weighted by atomic mass is 10.1. The Bertz CT molecular complexity index is 255. The lowest BCUT2D eigenvalue weighted by molar-refractivity contribution is -0.137. The highest BCUT2D eigenvalue weighted by Gasteiger charge is 2.24. The summed E-state index contributed by atoms with van der Waals surface area (Å²) in [6.07, 6.45) is 3.12. The number of urea groups is 1. The summed E-state index contributed by atoms with van der Waals surface area (Å²) in [5.74, 6) is -0.340. The lowest BCUT2D eigenvalue weighted by Crippen LogP contribution is -2.44. The molecule has 0 heterocycles. The quantitative estimate of drug-likeness (QED) is 0.733. The Balaban J connectivity index is 2.31. The van der Waals surface area contributed by atoms with Crippen LogP contribution in [-0.4, -0.2) is 41.6 Å². The predicted octanol–water partition coefficient (Wildman–Crippen LogP) is 0.901. The second-order valence-electron chi connectivity index (χ2n) is 4.31. The van der Waals surface area contributed by atoms with Crippen LogP contribution in [0.4, 0.5) is 4.79 Å². The second-order valence-corrected chi connectivity index (χ2v) is 4.31. The Morgan fingerprint density at radius 3 is 2.60 bits per heavy atom. The van der Waals surface area contributed by atoms with Gasteiger partial charge in [0.2, 0.25) is 0 Å². The monoisotopic (exact) mass is 214 g/mol. The van der Waals surface area contributed by atoms with Crippen molar-refractivity contribution in [3.05, 3.63) is 0 Å². The van der Waals surface area contributed by atoms with Gasteiger partial charge in [0.15, 0.2) is 0 Å². The third-order valence-corrected chi connectivity index (χ3v) is 2.74. The van der Waals surface area contributed by atoms with Crippen molar-refractivity contribution in [2.24, 2.45) is 5.92 Å². The average Bonchev–Trinajstić information content (AvgIpc) is 2.50. The number of hydrogen-bond donors (Lipinski definition) is 2. The van der Waals surface area contributed by atoms with Gasteiger partial charge in [-0.25, -0.2) is 4.79 Å². The minimum atomic E-state index is -0.993. The smallest absolute Gasteiger partial charge is 0.323 e. The van der Waals surface area contributed by atoms with Crippen LogP contribution in [0, 0.1) is 5.92 Å². The van der Waals surface area contributed by atoms with Gasteiger partial charge in [0.25, 0.3) is 0 Å². The van der Waals surface area contributed by atoms with Gasteiger partial charge in [-0.2, -0.15) is 0 Å². The summed E-state index contributed by atoms with van der Waals surface area (Å²) in [5.41, 5.74) is 0. The molecule has 1 rings (SSSR count). The topological polar surface area (TPSA) is 69.6 Å². The Morgan fingerprint density at radius 1 is 1.47 bits per heavy atom. The summed E-state index contributed by atoms with van der Waals surface area (Å²) < 4.78 is 0. The molecule has 0 radical (unpaired) electrons. The van der Waals surface area contributed by atoms with Crippen LogP contribution in [-0.2, 0) is 4.79 Å². The van der Waals surface area contributed by atoms with Crippen molar-refractivity contribution in [3.63, 3.8) is 0 Å². The fraction of sp³-hybridized carbons (Fsp3) is 0.800. The van der Waals surface area contributed by atoms with E-state index in [4.69, 9.17) is 5.11 Å². The van der Waals surface area contributed by atoms with E-state index in [1.54, 1.807) is 0 Å². The summed E-state index contributed by atoms with van der Waals surface area (Å²) in [6.45, 7) is 1.90. The highest BCUT2D eigenvalue weighted by atomic mass is 16.4. The first-order chi connectivity index (χ1) is 6.99. The van der Waals surface area contributed by atoms with Crippen molar-refractivity contribution in [2.75, 3.05) is 13.6 Å². The van der Waals surface area contributed by atoms with Crippen LogP contribution >= 0.6 is 0 Å². The van der Waals surface area contributed by atoms with Crippen LogP contribution in [0.2, 0.25) is 0 Å². The van der Waals surface area contributed by atoms with Gasteiger partial charge < -0.3 is 15.3 Å². The van der Waals surface area contributed by atoms with E-state index in [1.807, 2.05) is 0 Å². The number of carboxylic acids is 1. The SMILES string of the molecule is CC1CCC(NC(=O)N(C)CC(=O)O)C1. The molecule has 0 aromatic carbocycles. The fourth-order valence-electron chi connectivity index (χ4n) is 1.90. The maximum absolute atomic E-state index is 11.5. The predicted molar refractivity (Wildman–Crippen MR) is 55.6 cm³/mol. The zero-order chi connectivity index (χ0) is 11.4. The van der Waals surface area contributed by atoms with Gasteiger partial charge in [-0.1, -0.05) is 6.92 Å². The molecule has 15 heavy (non-hydrogen) atoms. The molecular formula is C10H18N2O3. The minimum Gasteiger partial charge on any atom is -0.480 e. The molecule has 0 aromatic heterocycles. The molecule has 0 aromatic rings. The molecule has 0 aliphatic heterocycles. The van der Waals surface area contributed by atoms with Crippen LogP contribution in [0.25, 0.3) is 0 Å². The van der Waals surface area contributed by atoms with Crippen LogP contribution < -0.4 is 5.32 Å². The van der Waals surface area contributed by atoms with Crippen molar-refractivity contribution < 1.29 is 14.7 Å². The first-order valence-corrected chi connectivity index (χ1v) is 5.22. The van der Waals surface area contributed by atoms with Crippen LogP contribution in [0.3, 0.4) is 0 Å². The Kier molecular flexibility index (Phi) is 3.94. The van der Waals surface area contributed by atoms with Crippen molar-refractivity contribution in [3.8, 4) is 0 Å². The number of aliphatic carboxylic acids is 1. The van der Waals surface area contributed by atoms with Crippen molar-refractivity contribution in [1.29, 1.82) is 0 Å². The van der Waals surface area contributed by atoms with Crippen molar-refractivity contribution in [1.82, 2.24) is 10.2 Å². The van der Waals surface area contributed by atoms with Gasteiger partial charge in [0, 0.05) is 13.1 Å². The number of amides is 2. The van der Waals surface area contributed by atoms with Gasteiger partial charge in [-0.05, 0) is 25.2 Å². The maximum atomic E-state index is 11.5. The van der Waals surface area contributed by atoms with E-state index < -0.39 is 5.97 Å². The standard InChI is InChI=1S/C10H18N2O3/c1-7-3-4-8(5-7)11-10(15)12(2)6-9(13)14/h7-8H,3-6H2,1-2H3,(H,11,15)(H,13,14). The molecule has 1 saturated carbocycles. The Morgan fingerprint density at radius 2 is 2.13 bits per heavy atom.